The van der Waals surface area contributed by atoms with Crippen molar-refractivity contribution in [2.24, 2.45) is 0 Å². The second-order valence-electron chi connectivity index (χ2n) is 4.91. The summed E-state index contributed by atoms with van der Waals surface area (Å²) in [5, 5.41) is 2.75. The molecule has 0 saturated carbocycles. The quantitative estimate of drug-likeness (QED) is 0.840. The van der Waals surface area contributed by atoms with Crippen LogP contribution in [0.15, 0.2) is 22.7 Å². The number of carbonyl (C=O) groups excluding carboxylic acids is 2. The Morgan fingerprint density at radius 2 is 2.20 bits per heavy atom. The van der Waals surface area contributed by atoms with Crippen molar-refractivity contribution >= 4 is 27.9 Å². The molecule has 7 heteroatoms. The first-order valence-electron chi connectivity index (χ1n) is 6.35. The van der Waals surface area contributed by atoms with E-state index < -0.39 is 5.82 Å². The van der Waals surface area contributed by atoms with Gasteiger partial charge in [-0.05, 0) is 18.2 Å². The first-order valence-corrected chi connectivity index (χ1v) is 7.14. The number of nitrogens with one attached hydrogen (secondary N) is 1. The standard InChI is InChI=1S/C13H13BrFN3O2/c14-8-1-2-10(11(15)5-8)12(19)17-3-4-18-9(7-17)6-16-13(18)20/h1-2,5,9H,3-4,6-7H2,(H,16,20). The third-order valence-electron chi connectivity index (χ3n) is 3.68. The van der Waals surface area contributed by atoms with Gasteiger partial charge in [-0.1, -0.05) is 15.9 Å². The molecule has 2 saturated heterocycles. The van der Waals surface area contributed by atoms with E-state index in [1.54, 1.807) is 15.9 Å². The lowest BCUT2D eigenvalue weighted by Crippen LogP contribution is -2.53. The van der Waals surface area contributed by atoms with E-state index in [-0.39, 0.29) is 23.5 Å². The van der Waals surface area contributed by atoms with Gasteiger partial charge in [-0.15, -0.1) is 0 Å². The van der Waals surface area contributed by atoms with Gasteiger partial charge in [0.15, 0.2) is 0 Å². The molecule has 1 N–H and O–H groups in total. The molecule has 0 aromatic heterocycles. The number of benzene rings is 1. The Kier molecular flexibility index (Phi) is 3.37. The molecule has 0 spiro atoms. The first kappa shape index (κ1) is 13.4. The lowest BCUT2D eigenvalue weighted by Gasteiger charge is -2.36. The number of piperazine rings is 1. The highest BCUT2D eigenvalue weighted by Crippen LogP contribution is 2.20. The van der Waals surface area contributed by atoms with Crippen LogP contribution in [0.4, 0.5) is 9.18 Å². The lowest BCUT2D eigenvalue weighted by atomic mass is 10.1. The Hall–Kier alpha value is -1.63. The number of fused-ring (bicyclic) bond motifs is 1. The van der Waals surface area contributed by atoms with Crippen LogP contribution < -0.4 is 5.32 Å². The minimum atomic E-state index is -0.535. The predicted octanol–water partition coefficient (Wildman–Crippen LogP) is 1.44. The Bertz CT molecular complexity index is 581. The maximum absolute atomic E-state index is 13.8. The van der Waals surface area contributed by atoms with Crippen LogP contribution in [0.1, 0.15) is 10.4 Å². The Balaban J connectivity index is 1.77. The second-order valence-corrected chi connectivity index (χ2v) is 5.82. The zero-order valence-corrected chi connectivity index (χ0v) is 12.2. The topological polar surface area (TPSA) is 52.7 Å². The van der Waals surface area contributed by atoms with Crippen molar-refractivity contribution in [3.63, 3.8) is 0 Å². The molecule has 0 radical (unpaired) electrons. The monoisotopic (exact) mass is 341 g/mol. The number of rotatable bonds is 1. The minimum absolute atomic E-state index is 0.0151. The number of urea groups is 1. The van der Waals surface area contributed by atoms with Crippen LogP contribution in [0, 0.1) is 5.82 Å². The van der Waals surface area contributed by atoms with Crippen LogP contribution >= 0.6 is 15.9 Å². The average molecular weight is 342 g/mol. The summed E-state index contributed by atoms with van der Waals surface area (Å²) in [6.07, 6.45) is 0. The molecule has 1 unspecified atom stereocenters. The summed E-state index contributed by atoms with van der Waals surface area (Å²) in [7, 11) is 0. The fraction of sp³-hybridized carbons (Fsp3) is 0.385. The van der Waals surface area contributed by atoms with Gasteiger partial charge in [0, 0.05) is 30.7 Å². The number of hydrogen-bond donors (Lipinski definition) is 1. The smallest absolute Gasteiger partial charge is 0.317 e. The van der Waals surface area contributed by atoms with Crippen molar-refractivity contribution in [1.29, 1.82) is 0 Å². The fourth-order valence-corrected chi connectivity index (χ4v) is 2.95. The third-order valence-corrected chi connectivity index (χ3v) is 4.17. The molecule has 2 aliphatic rings. The molecule has 3 amide bonds. The molecule has 2 heterocycles. The van der Waals surface area contributed by atoms with Crippen LogP contribution in [-0.4, -0.2) is 54.0 Å². The first-order chi connectivity index (χ1) is 9.56. The molecule has 1 atom stereocenters. The van der Waals surface area contributed by atoms with Gasteiger partial charge in [0.25, 0.3) is 5.91 Å². The zero-order chi connectivity index (χ0) is 14.3. The normalized spacial score (nSPS) is 21.7. The minimum Gasteiger partial charge on any atom is -0.336 e. The van der Waals surface area contributed by atoms with Crippen LogP contribution in [-0.2, 0) is 0 Å². The molecule has 5 nitrogen and oxygen atoms in total. The third kappa shape index (κ3) is 2.26. The summed E-state index contributed by atoms with van der Waals surface area (Å²) in [6.45, 7) is 1.89. The van der Waals surface area contributed by atoms with E-state index in [4.69, 9.17) is 0 Å². The number of carbonyl (C=O) groups is 2. The Morgan fingerprint density at radius 1 is 1.40 bits per heavy atom. The van der Waals surface area contributed by atoms with E-state index in [1.807, 2.05) is 0 Å². The largest absolute Gasteiger partial charge is 0.336 e. The van der Waals surface area contributed by atoms with Crippen molar-refractivity contribution in [2.45, 2.75) is 6.04 Å². The van der Waals surface area contributed by atoms with Crippen molar-refractivity contribution in [1.82, 2.24) is 15.1 Å². The summed E-state index contributed by atoms with van der Waals surface area (Å²) >= 11 is 3.17. The van der Waals surface area contributed by atoms with E-state index in [2.05, 4.69) is 21.2 Å². The van der Waals surface area contributed by atoms with E-state index in [1.165, 1.54) is 12.1 Å². The van der Waals surface area contributed by atoms with Crippen LogP contribution in [0.5, 0.6) is 0 Å². The van der Waals surface area contributed by atoms with Crippen molar-refractivity contribution in [3.05, 3.63) is 34.1 Å². The number of halogens is 2. The van der Waals surface area contributed by atoms with Gasteiger partial charge in [0.05, 0.1) is 11.6 Å². The van der Waals surface area contributed by atoms with Gasteiger partial charge in [0.1, 0.15) is 5.82 Å². The lowest BCUT2D eigenvalue weighted by molar-refractivity contribution is 0.0612. The van der Waals surface area contributed by atoms with E-state index in [0.29, 0.717) is 30.7 Å². The molecule has 20 heavy (non-hydrogen) atoms. The van der Waals surface area contributed by atoms with E-state index in [9.17, 15) is 14.0 Å². The summed E-state index contributed by atoms with van der Waals surface area (Å²) < 4.78 is 14.4. The van der Waals surface area contributed by atoms with Crippen LogP contribution in [0.25, 0.3) is 0 Å². The Morgan fingerprint density at radius 3 is 2.95 bits per heavy atom. The molecule has 1 aromatic rings. The number of hydrogen-bond acceptors (Lipinski definition) is 2. The molecular formula is C13H13BrFN3O2. The molecule has 3 rings (SSSR count). The number of amides is 3. The molecule has 0 bridgehead atoms. The van der Waals surface area contributed by atoms with Crippen LogP contribution in [0.2, 0.25) is 0 Å². The van der Waals surface area contributed by atoms with Crippen molar-refractivity contribution in [3.8, 4) is 0 Å². The van der Waals surface area contributed by atoms with E-state index in [0.717, 1.165) is 0 Å². The highest BCUT2D eigenvalue weighted by Gasteiger charge is 2.37. The second kappa shape index (κ2) is 5.05. The maximum Gasteiger partial charge on any atom is 0.317 e. The highest BCUT2D eigenvalue weighted by molar-refractivity contribution is 9.10. The van der Waals surface area contributed by atoms with Crippen LogP contribution in [0.3, 0.4) is 0 Å². The molecular weight excluding hydrogens is 329 g/mol. The van der Waals surface area contributed by atoms with Gasteiger partial charge in [0.2, 0.25) is 0 Å². The SMILES string of the molecule is O=C(c1ccc(Br)cc1F)N1CCN2C(=O)NCC2C1. The van der Waals surface area contributed by atoms with Gasteiger partial charge < -0.3 is 15.1 Å². The maximum atomic E-state index is 13.8. The van der Waals surface area contributed by atoms with Gasteiger partial charge in [-0.25, -0.2) is 9.18 Å². The molecule has 1 aromatic carbocycles. The van der Waals surface area contributed by atoms with Crippen molar-refractivity contribution < 1.29 is 14.0 Å². The fourth-order valence-electron chi connectivity index (χ4n) is 2.62. The number of nitrogens with zero attached hydrogens (tertiary/aromatic N) is 2. The zero-order valence-electron chi connectivity index (χ0n) is 10.6. The summed E-state index contributed by atoms with van der Waals surface area (Å²) in [4.78, 5) is 27.2. The van der Waals surface area contributed by atoms with E-state index >= 15 is 0 Å². The summed E-state index contributed by atoms with van der Waals surface area (Å²) in [5.41, 5.74) is 0.0685. The average Bonchev–Trinajstić information content (AvgIpc) is 2.79. The summed E-state index contributed by atoms with van der Waals surface area (Å²) in [6, 6.07) is 4.31. The van der Waals surface area contributed by atoms with Gasteiger partial charge >= 0.3 is 6.03 Å². The predicted molar refractivity (Wildman–Crippen MR) is 73.9 cm³/mol. The van der Waals surface area contributed by atoms with Crippen molar-refractivity contribution in [2.75, 3.05) is 26.2 Å². The van der Waals surface area contributed by atoms with Gasteiger partial charge in [-0.3, -0.25) is 4.79 Å². The summed E-state index contributed by atoms with van der Waals surface area (Å²) in [5.74, 6) is -0.860. The van der Waals surface area contributed by atoms with Gasteiger partial charge in [-0.2, -0.15) is 0 Å². The highest BCUT2D eigenvalue weighted by atomic mass is 79.9. The molecule has 2 aliphatic heterocycles. The molecule has 106 valence electrons. The Labute approximate surface area is 123 Å². The molecule has 0 aliphatic carbocycles. The molecule has 2 fully saturated rings.